The molecule has 1 aliphatic rings. The topological polar surface area (TPSA) is 36.4 Å². The quantitative estimate of drug-likeness (QED) is 0.813. The molecule has 2 N–H and O–H groups in total. The first kappa shape index (κ1) is 15.8. The molecule has 0 spiro atoms. The fraction of sp³-hybridized carbons (Fsp3) is 0.429. The smallest absolute Gasteiger partial charge is 0.348 e. The molecule has 2 rings (SSSR count). The van der Waals surface area contributed by atoms with E-state index in [4.69, 9.17) is 12.2 Å². The minimum atomic E-state index is -4.38. The summed E-state index contributed by atoms with van der Waals surface area (Å²) in [5.41, 5.74) is 3.11. The van der Waals surface area contributed by atoms with Crippen molar-refractivity contribution in [3.05, 3.63) is 29.3 Å². The molecule has 7 heteroatoms. The Balaban J connectivity index is 2.19. The molecular weight excluding hydrogens is 299 g/mol. The molecule has 0 saturated heterocycles. The lowest BCUT2D eigenvalue weighted by Crippen LogP contribution is -2.46. The van der Waals surface area contributed by atoms with Crippen LogP contribution < -0.4 is 10.7 Å². The first-order chi connectivity index (χ1) is 9.62. The van der Waals surface area contributed by atoms with Crippen molar-refractivity contribution in [3.63, 3.8) is 0 Å². The van der Waals surface area contributed by atoms with Gasteiger partial charge in [0.15, 0.2) is 0 Å². The summed E-state index contributed by atoms with van der Waals surface area (Å²) in [5, 5.41) is 6.96. The van der Waals surface area contributed by atoms with E-state index in [9.17, 15) is 13.2 Å². The standard InChI is InChI=1S/C14H16F3N3S/c1-8-4-5-10(6-11(8)14(15,16)17)18-12(21)13(3)7-9(2)19-20-13/h4-6,20H,7H2,1-3H3,(H,18,21). The third-order valence-corrected chi connectivity index (χ3v) is 3.96. The Morgan fingerprint density at radius 3 is 2.57 bits per heavy atom. The number of rotatable bonds is 2. The van der Waals surface area contributed by atoms with Gasteiger partial charge in [0.1, 0.15) is 10.5 Å². The fourth-order valence-corrected chi connectivity index (χ4v) is 2.45. The van der Waals surface area contributed by atoms with Crippen molar-refractivity contribution in [2.24, 2.45) is 5.10 Å². The van der Waals surface area contributed by atoms with Gasteiger partial charge in [-0.05, 0) is 38.5 Å². The number of hydrogen-bond acceptors (Lipinski definition) is 3. The number of halogens is 3. The Morgan fingerprint density at radius 1 is 1.38 bits per heavy atom. The third-order valence-electron chi connectivity index (χ3n) is 3.40. The van der Waals surface area contributed by atoms with E-state index in [1.54, 1.807) is 6.07 Å². The van der Waals surface area contributed by atoms with E-state index in [1.807, 2.05) is 13.8 Å². The van der Waals surface area contributed by atoms with E-state index in [0.29, 0.717) is 17.1 Å². The number of nitrogens with zero attached hydrogens (tertiary/aromatic N) is 1. The largest absolute Gasteiger partial charge is 0.416 e. The molecule has 1 aliphatic heterocycles. The summed E-state index contributed by atoms with van der Waals surface area (Å²) in [5.74, 6) is 0. The number of aryl methyl sites for hydroxylation is 1. The van der Waals surface area contributed by atoms with Gasteiger partial charge in [0.25, 0.3) is 0 Å². The molecule has 21 heavy (non-hydrogen) atoms. The zero-order chi connectivity index (χ0) is 15.8. The van der Waals surface area contributed by atoms with Gasteiger partial charge < -0.3 is 5.32 Å². The summed E-state index contributed by atoms with van der Waals surface area (Å²) < 4.78 is 38.7. The second-order valence-corrected chi connectivity index (χ2v) is 5.86. The lowest BCUT2D eigenvalue weighted by Gasteiger charge is -2.26. The lowest BCUT2D eigenvalue weighted by molar-refractivity contribution is -0.138. The average molecular weight is 315 g/mol. The molecule has 1 aromatic carbocycles. The molecule has 0 aromatic heterocycles. The fourth-order valence-electron chi connectivity index (χ4n) is 2.21. The van der Waals surface area contributed by atoms with Gasteiger partial charge in [-0.25, -0.2) is 0 Å². The monoisotopic (exact) mass is 315 g/mol. The van der Waals surface area contributed by atoms with Crippen LogP contribution in [0.4, 0.5) is 18.9 Å². The molecule has 1 aromatic rings. The first-order valence-corrected chi connectivity index (χ1v) is 6.82. The summed E-state index contributed by atoms with van der Waals surface area (Å²) >= 11 is 5.30. The van der Waals surface area contributed by atoms with Crippen molar-refractivity contribution < 1.29 is 13.2 Å². The molecule has 1 unspecified atom stereocenters. The lowest BCUT2D eigenvalue weighted by atomic mass is 9.97. The molecule has 114 valence electrons. The Hall–Kier alpha value is -1.63. The molecule has 1 atom stereocenters. The number of alkyl halides is 3. The number of thiocarbonyl (C=S) groups is 1. The van der Waals surface area contributed by atoms with Gasteiger partial charge in [0, 0.05) is 17.8 Å². The van der Waals surface area contributed by atoms with Crippen molar-refractivity contribution in [1.29, 1.82) is 0 Å². The highest BCUT2D eigenvalue weighted by atomic mass is 32.1. The molecule has 0 bridgehead atoms. The summed E-state index contributed by atoms with van der Waals surface area (Å²) in [4.78, 5) is 0.417. The highest BCUT2D eigenvalue weighted by molar-refractivity contribution is 7.80. The molecule has 3 nitrogen and oxygen atoms in total. The van der Waals surface area contributed by atoms with Crippen LogP contribution in [0.1, 0.15) is 31.4 Å². The van der Waals surface area contributed by atoms with Gasteiger partial charge in [0.05, 0.1) is 5.56 Å². The van der Waals surface area contributed by atoms with Crippen LogP contribution in [-0.4, -0.2) is 16.2 Å². The van der Waals surface area contributed by atoms with Crippen LogP contribution in [0.15, 0.2) is 23.3 Å². The minimum absolute atomic E-state index is 0.184. The van der Waals surface area contributed by atoms with E-state index in [2.05, 4.69) is 15.8 Å². The summed E-state index contributed by atoms with van der Waals surface area (Å²) in [6.45, 7) is 5.16. The summed E-state index contributed by atoms with van der Waals surface area (Å²) in [7, 11) is 0. The summed E-state index contributed by atoms with van der Waals surface area (Å²) in [6.07, 6.45) is -3.75. The maximum absolute atomic E-state index is 12.9. The molecule has 0 saturated carbocycles. The van der Waals surface area contributed by atoms with Crippen molar-refractivity contribution in [1.82, 2.24) is 5.43 Å². The Kier molecular flexibility index (Phi) is 3.97. The predicted molar refractivity (Wildman–Crippen MR) is 81.7 cm³/mol. The third kappa shape index (κ3) is 3.34. The number of hydrogen-bond donors (Lipinski definition) is 2. The number of nitrogens with one attached hydrogen (secondary N) is 2. The highest BCUT2D eigenvalue weighted by Crippen LogP contribution is 2.33. The van der Waals surface area contributed by atoms with Crippen molar-refractivity contribution >= 4 is 28.6 Å². The van der Waals surface area contributed by atoms with Crippen LogP contribution in [0.2, 0.25) is 0 Å². The maximum atomic E-state index is 12.9. The number of benzene rings is 1. The number of hydrazone groups is 1. The van der Waals surface area contributed by atoms with E-state index < -0.39 is 17.3 Å². The van der Waals surface area contributed by atoms with E-state index in [1.165, 1.54) is 13.0 Å². The molecular formula is C14H16F3N3S. The van der Waals surface area contributed by atoms with Crippen LogP contribution in [-0.2, 0) is 6.18 Å². The van der Waals surface area contributed by atoms with E-state index >= 15 is 0 Å². The molecule has 1 heterocycles. The van der Waals surface area contributed by atoms with Gasteiger partial charge in [-0.1, -0.05) is 18.3 Å². The second-order valence-electron chi connectivity index (χ2n) is 5.45. The number of anilines is 1. The first-order valence-electron chi connectivity index (χ1n) is 6.41. The van der Waals surface area contributed by atoms with Crippen LogP contribution in [0, 0.1) is 6.92 Å². The Morgan fingerprint density at radius 2 is 2.05 bits per heavy atom. The molecule has 0 fully saturated rings. The highest BCUT2D eigenvalue weighted by Gasteiger charge is 2.35. The molecule has 0 aliphatic carbocycles. The van der Waals surface area contributed by atoms with Crippen LogP contribution in [0.25, 0.3) is 0 Å². The SMILES string of the molecule is CC1=NNC(C)(C(=S)Nc2ccc(C)c(C(F)(F)F)c2)C1. The van der Waals surface area contributed by atoms with Crippen molar-refractivity contribution in [2.75, 3.05) is 5.32 Å². The zero-order valence-corrected chi connectivity index (χ0v) is 12.7. The van der Waals surface area contributed by atoms with Gasteiger partial charge in [-0.2, -0.15) is 18.3 Å². The summed E-state index contributed by atoms with van der Waals surface area (Å²) in [6, 6.07) is 4.09. The van der Waals surface area contributed by atoms with Crippen molar-refractivity contribution in [2.45, 2.75) is 38.9 Å². The van der Waals surface area contributed by atoms with Gasteiger partial charge in [-0.3, -0.25) is 5.43 Å². The minimum Gasteiger partial charge on any atom is -0.348 e. The van der Waals surface area contributed by atoms with E-state index in [0.717, 1.165) is 11.8 Å². The molecule has 0 amide bonds. The second kappa shape index (κ2) is 5.29. The Bertz CT molecular complexity index is 610. The van der Waals surface area contributed by atoms with Crippen LogP contribution in [0.5, 0.6) is 0 Å². The van der Waals surface area contributed by atoms with Crippen LogP contribution >= 0.6 is 12.2 Å². The predicted octanol–water partition coefficient (Wildman–Crippen LogP) is 3.88. The normalized spacial score (nSPS) is 21.7. The molecule has 0 radical (unpaired) electrons. The van der Waals surface area contributed by atoms with Crippen LogP contribution in [0.3, 0.4) is 0 Å². The van der Waals surface area contributed by atoms with Gasteiger partial charge >= 0.3 is 6.18 Å². The van der Waals surface area contributed by atoms with Gasteiger partial charge in [-0.15, -0.1) is 0 Å². The van der Waals surface area contributed by atoms with E-state index in [-0.39, 0.29) is 5.56 Å². The van der Waals surface area contributed by atoms with Gasteiger partial charge in [0.2, 0.25) is 0 Å². The zero-order valence-electron chi connectivity index (χ0n) is 11.9. The van der Waals surface area contributed by atoms with Crippen molar-refractivity contribution in [3.8, 4) is 0 Å². The maximum Gasteiger partial charge on any atom is 0.416 e. The Labute approximate surface area is 126 Å². The average Bonchev–Trinajstić information content (AvgIpc) is 2.71.